The molecule has 4 heterocycles. The lowest BCUT2D eigenvalue weighted by molar-refractivity contribution is 0.337. The van der Waals surface area contributed by atoms with E-state index in [2.05, 4.69) is 77.0 Å². The minimum Gasteiger partial charge on any atom is -0.354 e. The molecule has 0 radical (unpaired) electrons. The van der Waals surface area contributed by atoms with Crippen molar-refractivity contribution in [2.45, 2.75) is 52.4 Å². The maximum atomic E-state index is 7.17. The van der Waals surface area contributed by atoms with Crippen LogP contribution in [0.15, 0.2) is 30.7 Å². The van der Waals surface area contributed by atoms with Crippen LogP contribution in [0, 0.1) is 32.3 Å². The van der Waals surface area contributed by atoms with Gasteiger partial charge in [-0.3, -0.25) is 9.25 Å². The van der Waals surface area contributed by atoms with Gasteiger partial charge in [0.25, 0.3) is 6.67 Å². The van der Waals surface area contributed by atoms with E-state index < -0.39 is 0 Å². The summed E-state index contributed by atoms with van der Waals surface area (Å²) >= 11 is 0. The average molecular weight is 453 g/mol. The Labute approximate surface area is 200 Å². The van der Waals surface area contributed by atoms with E-state index in [-0.39, 0.29) is 0 Å². The van der Waals surface area contributed by atoms with Gasteiger partial charge >= 0.3 is 0 Å². The van der Waals surface area contributed by atoms with Crippen molar-refractivity contribution < 1.29 is 0 Å². The summed E-state index contributed by atoms with van der Waals surface area (Å²) in [7, 11) is 0. The van der Waals surface area contributed by atoms with Gasteiger partial charge in [0.2, 0.25) is 0 Å². The third-order valence-electron chi connectivity index (χ3n) is 8.42. The Morgan fingerprint density at radius 1 is 1.15 bits per heavy atom. The Balaban J connectivity index is 1.40. The third-order valence-corrected chi connectivity index (χ3v) is 8.42. The number of rotatable bonds is 4. The molecule has 1 aliphatic carbocycles. The molecule has 6 nitrogen and oxygen atoms in total. The highest BCUT2D eigenvalue weighted by molar-refractivity contribution is 5.92. The largest absolute Gasteiger partial charge is 0.354 e. The van der Waals surface area contributed by atoms with Crippen LogP contribution in [-0.4, -0.2) is 44.2 Å². The molecule has 0 amide bonds. The zero-order valence-electron chi connectivity index (χ0n) is 20.5. The number of benzene rings is 1. The van der Waals surface area contributed by atoms with Gasteiger partial charge in [-0.15, -0.1) is 10.2 Å². The predicted octanol–water partition coefficient (Wildman–Crippen LogP) is 5.92. The average Bonchev–Trinajstić information content (AvgIpc) is 3.56. The maximum Gasteiger partial charge on any atom is 0.270 e. The lowest BCUT2D eigenvalue weighted by Crippen LogP contribution is -2.21. The van der Waals surface area contributed by atoms with Crippen molar-refractivity contribution in [3.63, 3.8) is 0 Å². The number of hydrogen-bond donors (Lipinski definition) is 1. The number of nitrogens with zero attached hydrogens (tertiary/aromatic N) is 5. The quantitative estimate of drug-likeness (QED) is 0.391. The Morgan fingerprint density at radius 2 is 1.91 bits per heavy atom. The highest BCUT2D eigenvalue weighted by Gasteiger charge is 2.42. The van der Waals surface area contributed by atoms with Crippen molar-refractivity contribution >= 4 is 16.6 Å². The second-order valence-corrected chi connectivity index (χ2v) is 10.8. The molecular weight excluding hydrogens is 420 g/mol. The highest BCUT2D eigenvalue weighted by atomic mass is 15.2. The molecule has 0 bridgehead atoms. The summed E-state index contributed by atoms with van der Waals surface area (Å²) in [5, 5.41) is 9.77. The first-order valence-electron chi connectivity index (χ1n) is 12.5. The van der Waals surface area contributed by atoms with Crippen LogP contribution in [0.4, 0.5) is 0 Å². The van der Waals surface area contributed by atoms with Crippen LogP contribution in [-0.2, 0) is 0 Å². The van der Waals surface area contributed by atoms with Gasteiger partial charge < -0.3 is 4.98 Å². The Hall–Kier alpha value is -3.17. The molecule has 1 aromatic carbocycles. The number of nitrogens with one attached hydrogen (secondary N) is 1. The fourth-order valence-corrected chi connectivity index (χ4v) is 6.64. The summed E-state index contributed by atoms with van der Waals surface area (Å²) in [5.74, 6) is 2.52. The van der Waals surface area contributed by atoms with Crippen molar-refractivity contribution in [1.29, 1.82) is 0 Å². The van der Waals surface area contributed by atoms with E-state index in [9.17, 15) is 0 Å². The van der Waals surface area contributed by atoms with E-state index in [0.717, 1.165) is 30.6 Å². The molecule has 6 rings (SSSR count). The fraction of sp³-hybridized carbons (Fsp3) is 0.464. The zero-order chi connectivity index (χ0) is 23.6. The first-order chi connectivity index (χ1) is 16.4. The lowest BCUT2D eigenvalue weighted by atomic mass is 9.90. The smallest absolute Gasteiger partial charge is 0.270 e. The second kappa shape index (κ2) is 7.95. The molecule has 1 saturated carbocycles. The Kier molecular flexibility index (Phi) is 5.00. The topological polar surface area (TPSA) is 53.6 Å². The number of aryl methyl sites for hydroxylation is 1. The second-order valence-electron chi connectivity index (χ2n) is 10.8. The van der Waals surface area contributed by atoms with E-state index in [1.54, 1.807) is 6.33 Å². The molecule has 2 atom stereocenters. The summed E-state index contributed by atoms with van der Waals surface area (Å²) < 4.78 is 2.04. The van der Waals surface area contributed by atoms with Gasteiger partial charge in [-0.1, -0.05) is 19.9 Å². The number of pyridine rings is 1. The number of likely N-dealkylation sites (tertiary alicyclic amines) is 1. The van der Waals surface area contributed by atoms with Crippen LogP contribution in [0.1, 0.15) is 60.8 Å². The summed E-state index contributed by atoms with van der Waals surface area (Å²) in [4.78, 5) is 9.72. The molecule has 1 saturated heterocycles. The van der Waals surface area contributed by atoms with E-state index in [4.69, 9.17) is 6.57 Å². The van der Waals surface area contributed by atoms with Crippen LogP contribution in [0.5, 0.6) is 0 Å². The molecule has 0 spiro atoms. The number of H-pyrrole nitrogens is 1. The highest BCUT2D eigenvalue weighted by Crippen LogP contribution is 2.47. The number of fused-ring (bicyclic) bond motifs is 3. The molecule has 2 aliphatic rings. The fourth-order valence-electron chi connectivity index (χ4n) is 6.64. The Morgan fingerprint density at radius 3 is 2.62 bits per heavy atom. The molecule has 174 valence electrons. The van der Waals surface area contributed by atoms with Crippen molar-refractivity contribution in [3.05, 3.63) is 64.4 Å². The van der Waals surface area contributed by atoms with Crippen LogP contribution < -0.4 is 0 Å². The van der Waals surface area contributed by atoms with Crippen molar-refractivity contribution in [2.24, 2.45) is 11.8 Å². The van der Waals surface area contributed by atoms with E-state index in [1.165, 1.54) is 57.3 Å². The van der Waals surface area contributed by atoms with E-state index in [0.29, 0.717) is 18.5 Å². The summed E-state index contributed by atoms with van der Waals surface area (Å²) in [6, 6.07) is 7.10. The van der Waals surface area contributed by atoms with Gasteiger partial charge in [0, 0.05) is 35.8 Å². The summed E-state index contributed by atoms with van der Waals surface area (Å²) in [6.45, 7) is 18.8. The van der Waals surface area contributed by atoms with Crippen LogP contribution in [0.25, 0.3) is 32.7 Å². The van der Waals surface area contributed by atoms with Crippen molar-refractivity contribution in [2.75, 3.05) is 19.8 Å². The Bertz CT molecular complexity index is 1420. The number of hydrogen-bond acceptors (Lipinski definition) is 3. The first kappa shape index (κ1) is 21.4. The molecule has 2 fully saturated rings. The van der Waals surface area contributed by atoms with Gasteiger partial charge in [-0.2, -0.15) is 0 Å². The lowest BCUT2D eigenvalue weighted by Gasteiger charge is -2.16. The number of aromatic amines is 1. The summed E-state index contributed by atoms with van der Waals surface area (Å²) in [5.41, 5.74) is 9.88. The maximum absolute atomic E-state index is 7.17. The van der Waals surface area contributed by atoms with Crippen LogP contribution in [0.3, 0.4) is 0 Å². The standard InChI is InChI=1S/C28H32N6/c1-16(2)26-23-10-19(20-8-21-11-33(14-29-5)12-22(21)9-20)6-7-25(23)31-27(26)24-13-34-15-30-32-28(34)18(4)17(24)3/h6-7,10,13,15-16,20-22,31H,8-9,11-12,14H2,1-4H3. The molecule has 1 N–H and O–H groups in total. The predicted molar refractivity (Wildman–Crippen MR) is 136 cm³/mol. The SMILES string of the molecule is [C-]#[N+]CN1CC2CC(c3ccc4[nH]c(-c5cn6cnnc6c(C)c5C)c(C(C)C)c4c3)CC2C1. The normalized spacial score (nSPS) is 22.8. The van der Waals surface area contributed by atoms with Gasteiger partial charge in [-0.05, 0) is 84.7 Å². The van der Waals surface area contributed by atoms with Crippen LogP contribution >= 0.6 is 0 Å². The van der Waals surface area contributed by atoms with E-state index in [1.807, 2.05) is 4.40 Å². The van der Waals surface area contributed by atoms with Gasteiger partial charge in [0.15, 0.2) is 5.65 Å². The minimum atomic E-state index is 0.403. The van der Waals surface area contributed by atoms with Crippen molar-refractivity contribution in [1.82, 2.24) is 24.5 Å². The molecular formula is C28H32N6. The zero-order valence-corrected chi connectivity index (χ0v) is 20.5. The number of aromatic nitrogens is 4. The molecule has 1 aliphatic heterocycles. The monoisotopic (exact) mass is 452 g/mol. The van der Waals surface area contributed by atoms with Gasteiger partial charge in [0.1, 0.15) is 6.33 Å². The minimum absolute atomic E-state index is 0.403. The summed E-state index contributed by atoms with van der Waals surface area (Å²) in [6.07, 6.45) is 6.46. The molecule has 6 heteroatoms. The first-order valence-corrected chi connectivity index (χ1v) is 12.5. The van der Waals surface area contributed by atoms with Crippen LogP contribution in [0.2, 0.25) is 0 Å². The van der Waals surface area contributed by atoms with E-state index >= 15 is 0 Å². The molecule has 4 aromatic rings. The van der Waals surface area contributed by atoms with Gasteiger partial charge in [-0.25, -0.2) is 11.5 Å². The molecule has 3 aromatic heterocycles. The van der Waals surface area contributed by atoms with Crippen molar-refractivity contribution in [3.8, 4) is 11.3 Å². The molecule has 2 unspecified atom stereocenters. The third kappa shape index (κ3) is 3.25. The van der Waals surface area contributed by atoms with Gasteiger partial charge in [0.05, 0.1) is 5.69 Å². The molecule has 34 heavy (non-hydrogen) atoms.